The van der Waals surface area contributed by atoms with E-state index in [1.165, 1.54) is 0 Å². The Kier molecular flexibility index (Phi) is 4.57. The molecule has 104 valence electrons. The Bertz CT molecular complexity index is 593. The van der Waals surface area contributed by atoms with Gasteiger partial charge in [0.25, 0.3) is 0 Å². The third-order valence-electron chi connectivity index (χ3n) is 3.35. The summed E-state index contributed by atoms with van der Waals surface area (Å²) in [7, 11) is 0. The molecule has 1 heterocycles. The van der Waals surface area contributed by atoms with Gasteiger partial charge in [-0.3, -0.25) is 0 Å². The molecule has 0 radical (unpaired) electrons. The van der Waals surface area contributed by atoms with Gasteiger partial charge in [0.15, 0.2) is 0 Å². The van der Waals surface area contributed by atoms with Crippen molar-refractivity contribution in [1.82, 2.24) is 4.90 Å². The highest BCUT2D eigenvalue weighted by Gasteiger charge is 2.13. The first-order valence-corrected chi connectivity index (χ1v) is 6.88. The molecule has 1 aliphatic rings. The molecule has 20 heavy (non-hydrogen) atoms. The van der Waals surface area contributed by atoms with E-state index in [1.807, 2.05) is 36.6 Å². The maximum absolute atomic E-state index is 13.6. The Morgan fingerprint density at radius 3 is 2.80 bits per heavy atom. The Morgan fingerprint density at radius 2 is 2.15 bits per heavy atom. The third-order valence-corrected chi connectivity index (χ3v) is 3.35. The molecular formula is C18H20FN. The molecule has 0 spiro atoms. The smallest absolute Gasteiger partial charge is 0.126 e. The van der Waals surface area contributed by atoms with Gasteiger partial charge in [-0.25, -0.2) is 4.39 Å². The van der Waals surface area contributed by atoms with Crippen molar-refractivity contribution < 1.29 is 4.39 Å². The molecule has 0 atom stereocenters. The summed E-state index contributed by atoms with van der Waals surface area (Å²) in [5, 5.41) is 0. The summed E-state index contributed by atoms with van der Waals surface area (Å²) in [5.74, 6) is -0.149. The highest BCUT2D eigenvalue weighted by molar-refractivity contribution is 5.44. The van der Waals surface area contributed by atoms with E-state index in [9.17, 15) is 4.39 Å². The van der Waals surface area contributed by atoms with Gasteiger partial charge in [0.1, 0.15) is 5.82 Å². The van der Waals surface area contributed by atoms with E-state index in [0.717, 1.165) is 23.3 Å². The lowest BCUT2D eigenvalue weighted by atomic mass is 10.1. The number of halogens is 1. The molecule has 0 unspecified atom stereocenters. The molecule has 1 nitrogen and oxygen atoms in total. The average Bonchev–Trinajstić information content (AvgIpc) is 2.45. The van der Waals surface area contributed by atoms with Crippen LogP contribution in [0, 0.1) is 12.7 Å². The molecule has 0 saturated carbocycles. The van der Waals surface area contributed by atoms with Gasteiger partial charge in [-0.05, 0) is 42.2 Å². The number of benzene rings is 1. The molecule has 0 fully saturated rings. The van der Waals surface area contributed by atoms with Gasteiger partial charge in [0.2, 0.25) is 0 Å². The lowest BCUT2D eigenvalue weighted by Gasteiger charge is -2.27. The normalized spacial score (nSPS) is 16.4. The molecular weight excluding hydrogens is 249 g/mol. The van der Waals surface area contributed by atoms with Gasteiger partial charge >= 0.3 is 0 Å². The van der Waals surface area contributed by atoms with Crippen LogP contribution >= 0.6 is 0 Å². The number of rotatable bonds is 4. The van der Waals surface area contributed by atoms with Crippen LogP contribution in [-0.4, -0.2) is 4.90 Å². The Hall–Kier alpha value is -2.09. The standard InChI is InChI=1S/C18H20FN/c1-4-7-18-16(5-2)8-6-11-20(18)13-15-10-9-14(3)17(19)12-15/h5-12H,2,4,13H2,1,3H3/b18-7+. The first-order chi connectivity index (χ1) is 9.65. The van der Waals surface area contributed by atoms with Crippen LogP contribution in [0.15, 0.2) is 66.6 Å². The summed E-state index contributed by atoms with van der Waals surface area (Å²) >= 11 is 0. The minimum atomic E-state index is -0.149. The zero-order chi connectivity index (χ0) is 14.5. The maximum atomic E-state index is 13.6. The van der Waals surface area contributed by atoms with E-state index in [-0.39, 0.29) is 5.82 Å². The summed E-state index contributed by atoms with van der Waals surface area (Å²) < 4.78 is 13.6. The highest BCUT2D eigenvalue weighted by Crippen LogP contribution is 2.24. The first-order valence-electron chi connectivity index (χ1n) is 6.88. The summed E-state index contributed by atoms with van der Waals surface area (Å²) in [5.41, 5.74) is 3.87. The number of aryl methyl sites for hydroxylation is 1. The molecule has 2 rings (SSSR count). The van der Waals surface area contributed by atoms with Crippen LogP contribution in [0.4, 0.5) is 4.39 Å². The van der Waals surface area contributed by atoms with E-state index < -0.39 is 0 Å². The molecule has 0 aromatic heterocycles. The van der Waals surface area contributed by atoms with E-state index in [1.54, 1.807) is 13.0 Å². The molecule has 0 aliphatic carbocycles. The Labute approximate surface area is 120 Å². The SMILES string of the molecule is C=CC1=CC=CN(Cc2ccc(C)c(F)c2)/C1=C/CC. The van der Waals surface area contributed by atoms with E-state index in [4.69, 9.17) is 0 Å². The summed E-state index contributed by atoms with van der Waals surface area (Å²) in [6.07, 6.45) is 11.0. The van der Waals surface area contributed by atoms with Crippen molar-refractivity contribution in [2.75, 3.05) is 0 Å². The number of hydrogen-bond acceptors (Lipinski definition) is 1. The van der Waals surface area contributed by atoms with Crippen molar-refractivity contribution in [1.29, 1.82) is 0 Å². The second-order valence-corrected chi connectivity index (χ2v) is 4.88. The van der Waals surface area contributed by atoms with Crippen molar-refractivity contribution in [2.45, 2.75) is 26.8 Å². The summed E-state index contributed by atoms with van der Waals surface area (Å²) in [6.45, 7) is 8.40. The van der Waals surface area contributed by atoms with Crippen molar-refractivity contribution >= 4 is 0 Å². The van der Waals surface area contributed by atoms with Crippen LogP contribution < -0.4 is 0 Å². The Morgan fingerprint density at radius 1 is 1.35 bits per heavy atom. The van der Waals surface area contributed by atoms with E-state index in [0.29, 0.717) is 12.1 Å². The van der Waals surface area contributed by atoms with Crippen molar-refractivity contribution in [3.05, 3.63) is 83.5 Å². The second-order valence-electron chi connectivity index (χ2n) is 4.88. The average molecular weight is 269 g/mol. The van der Waals surface area contributed by atoms with Crippen LogP contribution in [0.1, 0.15) is 24.5 Å². The molecule has 0 bridgehead atoms. The van der Waals surface area contributed by atoms with Gasteiger partial charge in [-0.1, -0.05) is 43.9 Å². The molecule has 0 saturated heterocycles. The number of allylic oxidation sites excluding steroid dienone is 4. The minimum absolute atomic E-state index is 0.149. The fraction of sp³-hybridized carbons (Fsp3) is 0.222. The third kappa shape index (κ3) is 3.08. The van der Waals surface area contributed by atoms with E-state index >= 15 is 0 Å². The van der Waals surface area contributed by atoms with Gasteiger partial charge in [0.05, 0.1) is 0 Å². The van der Waals surface area contributed by atoms with Crippen molar-refractivity contribution in [3.8, 4) is 0 Å². The number of nitrogens with zero attached hydrogens (tertiary/aromatic N) is 1. The van der Waals surface area contributed by atoms with E-state index in [2.05, 4.69) is 24.5 Å². The lowest BCUT2D eigenvalue weighted by molar-refractivity contribution is 0.461. The van der Waals surface area contributed by atoms with Crippen LogP contribution in [0.25, 0.3) is 0 Å². The fourth-order valence-electron chi connectivity index (χ4n) is 2.25. The summed E-state index contributed by atoms with van der Waals surface area (Å²) in [4.78, 5) is 2.13. The second kappa shape index (κ2) is 6.38. The van der Waals surface area contributed by atoms with Gasteiger partial charge in [0, 0.05) is 18.4 Å². The molecule has 2 heteroatoms. The number of hydrogen-bond donors (Lipinski definition) is 0. The molecule has 0 N–H and O–H groups in total. The van der Waals surface area contributed by atoms with Gasteiger partial charge in [-0.15, -0.1) is 0 Å². The van der Waals surface area contributed by atoms with Crippen LogP contribution in [0.5, 0.6) is 0 Å². The first kappa shape index (κ1) is 14.3. The predicted molar refractivity (Wildman–Crippen MR) is 82.5 cm³/mol. The minimum Gasteiger partial charge on any atom is -0.343 e. The molecule has 0 amide bonds. The van der Waals surface area contributed by atoms with Gasteiger partial charge in [-0.2, -0.15) is 0 Å². The predicted octanol–water partition coefficient (Wildman–Crippen LogP) is 4.87. The highest BCUT2D eigenvalue weighted by atomic mass is 19.1. The fourth-order valence-corrected chi connectivity index (χ4v) is 2.25. The monoisotopic (exact) mass is 269 g/mol. The lowest BCUT2D eigenvalue weighted by Crippen LogP contribution is -2.19. The van der Waals surface area contributed by atoms with Crippen LogP contribution in [0.3, 0.4) is 0 Å². The zero-order valence-corrected chi connectivity index (χ0v) is 12.1. The molecule has 1 aromatic carbocycles. The van der Waals surface area contributed by atoms with Gasteiger partial charge < -0.3 is 4.90 Å². The molecule has 1 aliphatic heterocycles. The maximum Gasteiger partial charge on any atom is 0.126 e. The summed E-state index contributed by atoms with van der Waals surface area (Å²) in [6, 6.07) is 5.41. The zero-order valence-electron chi connectivity index (χ0n) is 12.1. The topological polar surface area (TPSA) is 3.24 Å². The van der Waals surface area contributed by atoms with Crippen molar-refractivity contribution in [3.63, 3.8) is 0 Å². The largest absolute Gasteiger partial charge is 0.343 e. The van der Waals surface area contributed by atoms with Crippen molar-refractivity contribution in [2.24, 2.45) is 0 Å². The quantitative estimate of drug-likeness (QED) is 0.753. The molecule has 1 aromatic rings. The van der Waals surface area contributed by atoms with Crippen LogP contribution in [-0.2, 0) is 6.54 Å². The Balaban J connectivity index is 2.25. The van der Waals surface area contributed by atoms with Crippen LogP contribution in [0.2, 0.25) is 0 Å².